The average molecular weight is 320 g/mol. The van der Waals surface area contributed by atoms with E-state index in [4.69, 9.17) is 9.15 Å². The summed E-state index contributed by atoms with van der Waals surface area (Å²) >= 11 is 0. The third kappa shape index (κ3) is 5.12. The van der Waals surface area contributed by atoms with Crippen LogP contribution in [0, 0.1) is 0 Å². The van der Waals surface area contributed by atoms with Crippen LogP contribution in [0.25, 0.3) is 6.08 Å². The molecule has 0 bridgehead atoms. The van der Waals surface area contributed by atoms with Gasteiger partial charge < -0.3 is 14.1 Å². The molecule has 1 fully saturated rings. The molecule has 5 heteroatoms. The number of nitrogens with zero attached hydrogens (tertiary/aromatic N) is 2. The molecule has 0 aliphatic carbocycles. The Hall–Kier alpha value is -1.78. The third-order valence-corrected chi connectivity index (χ3v) is 3.65. The number of hydrogen-bond acceptors (Lipinski definition) is 4. The second kappa shape index (κ2) is 6.38. The Bertz CT molecular complexity index is 578. The van der Waals surface area contributed by atoms with Crippen molar-refractivity contribution in [3.63, 3.8) is 0 Å². The van der Waals surface area contributed by atoms with Crippen LogP contribution in [0.5, 0.6) is 0 Å². The fraction of sp³-hybridized carbons (Fsp3) is 0.667. The van der Waals surface area contributed by atoms with Crippen molar-refractivity contribution in [2.45, 2.75) is 65.4 Å². The largest absolute Gasteiger partial charge is 0.444 e. The molecular weight excluding hydrogens is 292 g/mol. The van der Waals surface area contributed by atoms with Crippen molar-refractivity contribution in [3.05, 3.63) is 23.4 Å². The van der Waals surface area contributed by atoms with Gasteiger partial charge in [-0.05, 0) is 39.7 Å². The van der Waals surface area contributed by atoms with E-state index in [0.29, 0.717) is 19.0 Å². The summed E-state index contributed by atoms with van der Waals surface area (Å²) in [4.78, 5) is 18.1. The summed E-state index contributed by atoms with van der Waals surface area (Å²) in [6.45, 7) is 13.3. The summed E-state index contributed by atoms with van der Waals surface area (Å²) in [5.74, 6) is 1.53. The van der Waals surface area contributed by atoms with E-state index in [1.807, 2.05) is 26.8 Å². The number of oxazole rings is 1. The number of amides is 1. The van der Waals surface area contributed by atoms with E-state index in [9.17, 15) is 4.79 Å². The zero-order valence-corrected chi connectivity index (χ0v) is 15.1. The number of rotatable bonds is 1. The fourth-order valence-electron chi connectivity index (χ4n) is 2.32. The molecule has 1 aromatic heterocycles. The second-order valence-corrected chi connectivity index (χ2v) is 8.08. The highest BCUT2D eigenvalue weighted by molar-refractivity contribution is 5.68. The predicted molar refractivity (Wildman–Crippen MR) is 90.2 cm³/mol. The maximum absolute atomic E-state index is 12.0. The summed E-state index contributed by atoms with van der Waals surface area (Å²) in [5.41, 5.74) is 0.769. The lowest BCUT2D eigenvalue weighted by atomic mass is 9.94. The molecule has 0 radical (unpaired) electrons. The van der Waals surface area contributed by atoms with Gasteiger partial charge in [0.2, 0.25) is 5.89 Å². The number of hydrogen-bond donors (Lipinski definition) is 0. The molecule has 0 aromatic carbocycles. The van der Waals surface area contributed by atoms with Gasteiger partial charge in [-0.1, -0.05) is 26.3 Å². The molecule has 1 aliphatic rings. The van der Waals surface area contributed by atoms with E-state index in [1.165, 1.54) is 5.57 Å². The summed E-state index contributed by atoms with van der Waals surface area (Å²) < 4.78 is 11.2. The van der Waals surface area contributed by atoms with Crippen molar-refractivity contribution < 1.29 is 13.9 Å². The van der Waals surface area contributed by atoms with Crippen LogP contribution >= 0.6 is 0 Å². The minimum atomic E-state index is -0.450. The lowest BCUT2D eigenvalue weighted by Gasteiger charge is -2.30. The Labute approximate surface area is 138 Å². The Morgan fingerprint density at radius 2 is 1.83 bits per heavy atom. The third-order valence-electron chi connectivity index (χ3n) is 3.65. The standard InChI is InChI=1S/C18H28N2O3/c1-17(2,3)14-12-19-15(22-14)11-13-7-9-20(10-8-13)16(21)23-18(4,5)6/h11-12H,7-10H2,1-6H3. The van der Waals surface area contributed by atoms with Gasteiger partial charge in [0.1, 0.15) is 11.4 Å². The number of carbonyl (C=O) groups excluding carboxylic acids is 1. The highest BCUT2D eigenvalue weighted by Gasteiger charge is 2.25. The highest BCUT2D eigenvalue weighted by atomic mass is 16.6. The van der Waals surface area contributed by atoms with Crippen LogP contribution in [-0.4, -0.2) is 34.7 Å². The van der Waals surface area contributed by atoms with Crippen LogP contribution < -0.4 is 0 Å². The Balaban J connectivity index is 1.94. The summed E-state index contributed by atoms with van der Waals surface area (Å²) in [6.07, 6.45) is 5.21. The lowest BCUT2D eigenvalue weighted by Crippen LogP contribution is -2.40. The summed E-state index contributed by atoms with van der Waals surface area (Å²) in [7, 11) is 0. The van der Waals surface area contributed by atoms with Gasteiger partial charge in [-0.2, -0.15) is 0 Å². The van der Waals surface area contributed by atoms with E-state index < -0.39 is 5.60 Å². The van der Waals surface area contributed by atoms with Crippen LogP contribution in [0.4, 0.5) is 4.79 Å². The fourth-order valence-corrected chi connectivity index (χ4v) is 2.32. The first-order valence-corrected chi connectivity index (χ1v) is 8.18. The Kier molecular flexibility index (Phi) is 4.87. The second-order valence-electron chi connectivity index (χ2n) is 8.08. The zero-order valence-electron chi connectivity index (χ0n) is 15.1. The van der Waals surface area contributed by atoms with E-state index in [-0.39, 0.29) is 11.5 Å². The minimum absolute atomic E-state index is 0.0379. The SMILES string of the molecule is CC(C)(C)OC(=O)N1CCC(=Cc2ncc(C(C)(C)C)o2)CC1. The molecule has 23 heavy (non-hydrogen) atoms. The van der Waals surface area contributed by atoms with Crippen molar-refractivity contribution in [2.75, 3.05) is 13.1 Å². The summed E-state index contributed by atoms with van der Waals surface area (Å²) in [5, 5.41) is 0. The van der Waals surface area contributed by atoms with Gasteiger partial charge in [-0.3, -0.25) is 0 Å². The van der Waals surface area contributed by atoms with Crippen LogP contribution in [-0.2, 0) is 10.2 Å². The maximum atomic E-state index is 12.0. The zero-order chi connectivity index (χ0) is 17.3. The molecule has 0 atom stereocenters. The van der Waals surface area contributed by atoms with Crippen LogP contribution in [0.2, 0.25) is 0 Å². The van der Waals surface area contributed by atoms with Crippen molar-refractivity contribution in [1.29, 1.82) is 0 Å². The lowest BCUT2D eigenvalue weighted by molar-refractivity contribution is 0.0237. The first-order chi connectivity index (χ1) is 10.5. The molecule has 0 saturated carbocycles. The molecule has 2 rings (SSSR count). The number of aromatic nitrogens is 1. The normalized spacial score (nSPS) is 16.4. The quantitative estimate of drug-likeness (QED) is 0.770. The molecule has 0 spiro atoms. The number of piperidine rings is 1. The number of likely N-dealkylation sites (tertiary alicyclic amines) is 1. The molecule has 1 aromatic rings. The van der Waals surface area contributed by atoms with Crippen molar-refractivity contribution in [3.8, 4) is 0 Å². The average Bonchev–Trinajstić information content (AvgIpc) is 2.86. The van der Waals surface area contributed by atoms with Gasteiger partial charge in [0.15, 0.2) is 0 Å². The van der Waals surface area contributed by atoms with E-state index in [0.717, 1.165) is 18.6 Å². The highest BCUT2D eigenvalue weighted by Crippen LogP contribution is 2.25. The number of carbonyl (C=O) groups is 1. The molecule has 1 amide bonds. The van der Waals surface area contributed by atoms with Gasteiger partial charge in [0.05, 0.1) is 6.20 Å². The van der Waals surface area contributed by atoms with E-state index in [1.54, 1.807) is 11.1 Å². The van der Waals surface area contributed by atoms with Gasteiger partial charge in [0, 0.05) is 18.5 Å². The molecule has 1 saturated heterocycles. The summed E-state index contributed by atoms with van der Waals surface area (Å²) in [6, 6.07) is 0. The van der Waals surface area contributed by atoms with E-state index >= 15 is 0 Å². The van der Waals surface area contributed by atoms with Crippen molar-refractivity contribution >= 4 is 12.2 Å². The van der Waals surface area contributed by atoms with Gasteiger partial charge in [-0.15, -0.1) is 0 Å². The Morgan fingerprint density at radius 1 is 1.22 bits per heavy atom. The van der Waals surface area contributed by atoms with E-state index in [2.05, 4.69) is 25.8 Å². The monoisotopic (exact) mass is 320 g/mol. The topological polar surface area (TPSA) is 55.6 Å². The molecule has 0 N–H and O–H groups in total. The minimum Gasteiger partial charge on any atom is -0.444 e. The van der Waals surface area contributed by atoms with Gasteiger partial charge in [0.25, 0.3) is 0 Å². The number of ether oxygens (including phenoxy) is 1. The van der Waals surface area contributed by atoms with Crippen LogP contribution in [0.15, 0.2) is 16.2 Å². The molecule has 0 unspecified atom stereocenters. The Morgan fingerprint density at radius 3 is 2.30 bits per heavy atom. The maximum Gasteiger partial charge on any atom is 0.410 e. The van der Waals surface area contributed by atoms with Gasteiger partial charge >= 0.3 is 6.09 Å². The first kappa shape index (κ1) is 17.6. The van der Waals surface area contributed by atoms with Crippen LogP contribution in [0.1, 0.15) is 66.0 Å². The first-order valence-electron chi connectivity index (χ1n) is 8.18. The smallest absolute Gasteiger partial charge is 0.410 e. The molecular formula is C18H28N2O3. The predicted octanol–water partition coefficient (Wildman–Crippen LogP) is 4.39. The van der Waals surface area contributed by atoms with Gasteiger partial charge in [-0.25, -0.2) is 9.78 Å². The molecule has 1 aliphatic heterocycles. The molecule has 128 valence electrons. The molecule has 2 heterocycles. The van der Waals surface area contributed by atoms with Crippen molar-refractivity contribution in [2.24, 2.45) is 0 Å². The van der Waals surface area contributed by atoms with Crippen LogP contribution in [0.3, 0.4) is 0 Å². The van der Waals surface area contributed by atoms with Crippen molar-refractivity contribution in [1.82, 2.24) is 9.88 Å². The molecule has 5 nitrogen and oxygen atoms in total.